The van der Waals surface area contributed by atoms with Crippen LogP contribution in [0, 0.1) is 17.6 Å². The van der Waals surface area contributed by atoms with Crippen molar-refractivity contribution in [3.8, 4) is 0 Å². The number of hydrogen-bond donors (Lipinski definition) is 2. The fraction of sp³-hybridized carbons (Fsp3) is 0.625. The van der Waals surface area contributed by atoms with Gasteiger partial charge in [-0.05, 0) is 57.8 Å². The van der Waals surface area contributed by atoms with E-state index in [-0.39, 0.29) is 11.1 Å². The summed E-state index contributed by atoms with van der Waals surface area (Å²) in [7, 11) is 3.91. The molecule has 0 bridgehead atoms. The molecule has 0 spiro atoms. The van der Waals surface area contributed by atoms with Crippen LogP contribution in [-0.2, 0) is 0 Å². The molecule has 1 saturated carbocycles. The lowest BCUT2D eigenvalue weighted by Crippen LogP contribution is -2.57. The Labute approximate surface area is 125 Å². The second-order valence-corrected chi connectivity index (χ2v) is 6.42. The fourth-order valence-electron chi connectivity index (χ4n) is 3.55. The minimum Gasteiger partial charge on any atom is -0.302 e. The predicted octanol–water partition coefficient (Wildman–Crippen LogP) is 2.98. The van der Waals surface area contributed by atoms with Crippen molar-refractivity contribution >= 4 is 0 Å². The topological polar surface area (TPSA) is 41.3 Å². The third-order valence-electron chi connectivity index (χ3n) is 5.02. The predicted molar refractivity (Wildman–Crippen MR) is 80.5 cm³/mol. The normalized spacial score (nSPS) is 27.9. The van der Waals surface area contributed by atoms with E-state index < -0.39 is 17.7 Å². The van der Waals surface area contributed by atoms with Crippen LogP contribution in [0.15, 0.2) is 18.2 Å². The van der Waals surface area contributed by atoms with Crippen molar-refractivity contribution in [3.63, 3.8) is 0 Å². The van der Waals surface area contributed by atoms with E-state index in [1.807, 2.05) is 14.1 Å². The zero-order valence-corrected chi connectivity index (χ0v) is 13.0. The number of rotatable bonds is 4. The van der Waals surface area contributed by atoms with Gasteiger partial charge in [-0.2, -0.15) is 0 Å². The number of halogens is 2. The van der Waals surface area contributed by atoms with Gasteiger partial charge in [0.05, 0.1) is 6.04 Å². The van der Waals surface area contributed by atoms with Gasteiger partial charge in [-0.25, -0.2) is 8.78 Å². The molecule has 118 valence electrons. The lowest BCUT2D eigenvalue weighted by molar-refractivity contribution is 0.0403. The Balaban J connectivity index is 2.46. The van der Waals surface area contributed by atoms with Gasteiger partial charge in [0.15, 0.2) is 0 Å². The lowest BCUT2D eigenvalue weighted by Gasteiger charge is -2.49. The molecule has 0 saturated heterocycles. The van der Waals surface area contributed by atoms with Crippen molar-refractivity contribution in [2.24, 2.45) is 11.8 Å². The van der Waals surface area contributed by atoms with Gasteiger partial charge in [0, 0.05) is 11.1 Å². The average molecular weight is 297 g/mol. The van der Waals surface area contributed by atoms with Crippen LogP contribution in [-0.4, -0.2) is 24.5 Å². The van der Waals surface area contributed by atoms with Crippen molar-refractivity contribution in [3.05, 3.63) is 35.4 Å². The molecule has 5 heteroatoms. The Hall–Kier alpha value is -1.04. The van der Waals surface area contributed by atoms with Crippen LogP contribution >= 0.6 is 0 Å². The molecule has 0 aromatic heterocycles. The van der Waals surface area contributed by atoms with E-state index in [4.69, 9.17) is 5.84 Å². The minimum atomic E-state index is -0.568. The maximum Gasteiger partial charge on any atom is 0.131 e. The lowest BCUT2D eigenvalue weighted by atomic mass is 9.70. The summed E-state index contributed by atoms with van der Waals surface area (Å²) < 4.78 is 28.4. The van der Waals surface area contributed by atoms with Gasteiger partial charge in [-0.1, -0.05) is 13.0 Å². The number of benzene rings is 1. The molecule has 0 radical (unpaired) electrons. The number of likely N-dealkylation sites (N-methyl/N-ethyl adjacent to an activating group) is 1. The van der Waals surface area contributed by atoms with E-state index in [0.29, 0.717) is 5.92 Å². The zero-order valence-electron chi connectivity index (χ0n) is 13.0. The molecule has 1 aliphatic carbocycles. The Morgan fingerprint density at radius 1 is 1.24 bits per heavy atom. The fourth-order valence-corrected chi connectivity index (χ4v) is 3.55. The molecule has 1 aromatic carbocycles. The Kier molecular flexibility index (Phi) is 4.96. The van der Waals surface area contributed by atoms with Crippen LogP contribution in [0.5, 0.6) is 0 Å². The smallest absolute Gasteiger partial charge is 0.131 e. The molecule has 1 atom stereocenters. The second kappa shape index (κ2) is 6.38. The standard InChI is InChI=1S/C16H25F2N3/c1-11-7-9-16(10-8-11,21(2)3)15(20-19)14-12(17)5-4-6-13(14)18/h4-6,11,15,20H,7-10,19H2,1-3H3. The third kappa shape index (κ3) is 2.96. The largest absolute Gasteiger partial charge is 0.302 e. The number of nitrogens with two attached hydrogens (primary N) is 1. The monoisotopic (exact) mass is 297 g/mol. The highest BCUT2D eigenvalue weighted by Gasteiger charge is 2.45. The average Bonchev–Trinajstić information content (AvgIpc) is 2.44. The molecular formula is C16H25F2N3. The molecule has 1 unspecified atom stereocenters. The zero-order chi connectivity index (χ0) is 15.6. The molecule has 1 aromatic rings. The van der Waals surface area contributed by atoms with Crippen molar-refractivity contribution in [1.82, 2.24) is 10.3 Å². The summed E-state index contributed by atoms with van der Waals surface area (Å²) in [4.78, 5) is 2.06. The van der Waals surface area contributed by atoms with Crippen molar-refractivity contribution in [1.29, 1.82) is 0 Å². The van der Waals surface area contributed by atoms with Crippen molar-refractivity contribution in [2.45, 2.75) is 44.2 Å². The van der Waals surface area contributed by atoms with Gasteiger partial charge in [0.25, 0.3) is 0 Å². The first-order valence-electron chi connectivity index (χ1n) is 7.50. The quantitative estimate of drug-likeness (QED) is 0.663. The number of hydrogen-bond acceptors (Lipinski definition) is 3. The summed E-state index contributed by atoms with van der Waals surface area (Å²) >= 11 is 0. The van der Waals surface area contributed by atoms with Crippen molar-refractivity contribution in [2.75, 3.05) is 14.1 Å². The maximum atomic E-state index is 14.2. The molecule has 0 heterocycles. The molecule has 21 heavy (non-hydrogen) atoms. The summed E-state index contributed by atoms with van der Waals surface area (Å²) in [5, 5.41) is 0. The number of hydrazine groups is 1. The Morgan fingerprint density at radius 2 is 1.76 bits per heavy atom. The third-order valence-corrected chi connectivity index (χ3v) is 5.02. The van der Waals surface area contributed by atoms with Gasteiger partial charge in [0.1, 0.15) is 11.6 Å². The summed E-state index contributed by atoms with van der Waals surface area (Å²) in [6.45, 7) is 2.22. The first-order chi connectivity index (χ1) is 9.92. The maximum absolute atomic E-state index is 14.2. The molecule has 0 amide bonds. The molecule has 2 rings (SSSR count). The van der Waals surface area contributed by atoms with Gasteiger partial charge in [-0.3, -0.25) is 11.3 Å². The summed E-state index contributed by atoms with van der Waals surface area (Å²) in [5.41, 5.74) is 2.36. The van der Waals surface area contributed by atoms with E-state index in [1.54, 1.807) is 0 Å². The minimum absolute atomic E-state index is 0.0447. The van der Waals surface area contributed by atoms with Crippen LogP contribution in [0.1, 0.15) is 44.2 Å². The Morgan fingerprint density at radius 3 is 2.19 bits per heavy atom. The molecule has 1 aliphatic rings. The van der Waals surface area contributed by atoms with E-state index >= 15 is 0 Å². The van der Waals surface area contributed by atoms with Crippen LogP contribution in [0.3, 0.4) is 0 Å². The highest BCUT2D eigenvalue weighted by Crippen LogP contribution is 2.44. The van der Waals surface area contributed by atoms with Crippen LogP contribution in [0.4, 0.5) is 8.78 Å². The molecular weight excluding hydrogens is 272 g/mol. The number of nitrogens with one attached hydrogen (secondary N) is 1. The van der Waals surface area contributed by atoms with E-state index in [2.05, 4.69) is 17.2 Å². The van der Waals surface area contributed by atoms with E-state index in [9.17, 15) is 8.78 Å². The molecule has 3 nitrogen and oxygen atoms in total. The van der Waals surface area contributed by atoms with E-state index in [1.165, 1.54) is 18.2 Å². The first-order valence-corrected chi connectivity index (χ1v) is 7.50. The number of nitrogens with zero attached hydrogens (tertiary/aromatic N) is 1. The van der Waals surface area contributed by atoms with Gasteiger partial charge < -0.3 is 4.90 Å². The Bertz CT molecular complexity index is 462. The van der Waals surface area contributed by atoms with Gasteiger partial charge in [0.2, 0.25) is 0 Å². The first kappa shape index (κ1) is 16.3. The second-order valence-electron chi connectivity index (χ2n) is 6.42. The van der Waals surface area contributed by atoms with Crippen LogP contribution < -0.4 is 11.3 Å². The van der Waals surface area contributed by atoms with Gasteiger partial charge >= 0.3 is 0 Å². The highest BCUT2D eigenvalue weighted by atomic mass is 19.1. The summed E-state index contributed by atoms with van der Waals surface area (Å²) in [6.07, 6.45) is 3.80. The SMILES string of the molecule is CC1CCC(C(NN)c2c(F)cccc2F)(N(C)C)CC1. The van der Waals surface area contributed by atoms with Crippen LogP contribution in [0.25, 0.3) is 0 Å². The summed E-state index contributed by atoms with van der Waals surface area (Å²) in [5.74, 6) is 5.27. The molecule has 1 fully saturated rings. The highest BCUT2D eigenvalue weighted by molar-refractivity contribution is 5.27. The van der Waals surface area contributed by atoms with Gasteiger partial charge in [-0.15, -0.1) is 0 Å². The summed E-state index contributed by atoms with van der Waals surface area (Å²) in [6, 6.07) is 3.39. The van der Waals surface area contributed by atoms with E-state index in [0.717, 1.165) is 25.7 Å². The van der Waals surface area contributed by atoms with Crippen LogP contribution in [0.2, 0.25) is 0 Å². The molecule has 3 N–H and O–H groups in total. The van der Waals surface area contributed by atoms with Crippen molar-refractivity contribution < 1.29 is 8.78 Å². The molecule has 0 aliphatic heterocycles.